The van der Waals surface area contributed by atoms with E-state index in [1.54, 1.807) is 24.3 Å². The lowest BCUT2D eigenvalue weighted by Crippen LogP contribution is -2.58. The number of ether oxygens (including phenoxy) is 2. The number of benzene rings is 2. The van der Waals surface area contributed by atoms with E-state index in [9.17, 15) is 8.78 Å². The number of hydrazone groups is 1. The minimum absolute atomic E-state index is 0.0849. The Kier molecular flexibility index (Phi) is 4.94. The van der Waals surface area contributed by atoms with Crippen molar-refractivity contribution in [1.29, 1.82) is 0 Å². The first-order chi connectivity index (χ1) is 14.4. The zero-order valence-electron chi connectivity index (χ0n) is 16.5. The lowest BCUT2D eigenvalue weighted by Gasteiger charge is -2.50. The lowest BCUT2D eigenvalue weighted by molar-refractivity contribution is -0.147. The smallest absolute Gasteiger partial charge is 0.387 e. The molecule has 0 saturated carbocycles. The topological polar surface area (TPSA) is 37.3 Å². The average molecular weight is 478 g/mol. The van der Waals surface area contributed by atoms with Crippen molar-refractivity contribution < 1.29 is 18.3 Å². The van der Waals surface area contributed by atoms with Crippen molar-refractivity contribution in [3.63, 3.8) is 0 Å². The number of piperidine rings is 1. The van der Waals surface area contributed by atoms with E-state index in [0.717, 1.165) is 59.4 Å². The minimum Gasteiger partial charge on any atom is -0.466 e. The molecule has 0 aromatic heterocycles. The molecule has 1 spiro atoms. The van der Waals surface area contributed by atoms with Crippen LogP contribution in [0.25, 0.3) is 0 Å². The second-order valence-electron chi connectivity index (χ2n) is 8.05. The quantitative estimate of drug-likeness (QED) is 0.622. The number of fused-ring (bicyclic) bond motifs is 4. The molecule has 0 aliphatic carbocycles. The van der Waals surface area contributed by atoms with Gasteiger partial charge in [-0.2, -0.15) is 13.9 Å². The van der Waals surface area contributed by atoms with Crippen LogP contribution in [0.15, 0.2) is 52.0 Å². The number of hydrogen-bond acceptors (Lipinski definition) is 5. The zero-order chi connectivity index (χ0) is 20.9. The molecule has 2 aromatic carbocycles. The first kappa shape index (κ1) is 19.8. The van der Waals surface area contributed by atoms with E-state index >= 15 is 0 Å². The van der Waals surface area contributed by atoms with Gasteiger partial charge in [0.2, 0.25) is 5.72 Å². The van der Waals surface area contributed by atoms with Crippen molar-refractivity contribution in [2.75, 3.05) is 20.1 Å². The van der Waals surface area contributed by atoms with E-state index < -0.39 is 12.3 Å². The average Bonchev–Trinajstić information content (AvgIpc) is 3.18. The van der Waals surface area contributed by atoms with Gasteiger partial charge in [-0.25, -0.2) is 5.01 Å². The standard InChI is InChI=1S/C22H22BrF2N3O2/c1-27-10-8-22(9-11-27)28-19(17-12-15(23)4-7-20(17)30-22)13-18(26-28)14-2-5-16(6-3-14)29-21(24)25/h2-7,12,19,21H,8-11,13H2,1H3/t19-/m1/s1. The van der Waals surface area contributed by atoms with Crippen LogP contribution in [0.4, 0.5) is 8.78 Å². The van der Waals surface area contributed by atoms with Crippen molar-refractivity contribution in [2.24, 2.45) is 5.10 Å². The first-order valence-corrected chi connectivity index (χ1v) is 10.8. The summed E-state index contributed by atoms with van der Waals surface area (Å²) in [7, 11) is 2.12. The SMILES string of the molecule is CN1CCC2(CC1)Oc1ccc(Br)cc1[C@H]1CC(c3ccc(OC(F)F)cc3)=NN12. The van der Waals surface area contributed by atoms with E-state index in [4.69, 9.17) is 9.84 Å². The van der Waals surface area contributed by atoms with Crippen LogP contribution in [0, 0.1) is 0 Å². The van der Waals surface area contributed by atoms with Gasteiger partial charge in [0, 0.05) is 42.4 Å². The highest BCUT2D eigenvalue weighted by molar-refractivity contribution is 9.10. The Bertz CT molecular complexity index is 975. The third-order valence-corrected chi connectivity index (χ3v) is 6.63. The van der Waals surface area contributed by atoms with Gasteiger partial charge in [0.15, 0.2) is 0 Å². The molecular formula is C22H22BrF2N3O2. The molecule has 1 atom stereocenters. The summed E-state index contributed by atoms with van der Waals surface area (Å²) in [6.07, 6.45) is 2.47. The molecule has 5 nitrogen and oxygen atoms in total. The summed E-state index contributed by atoms with van der Waals surface area (Å²) in [5.41, 5.74) is 2.49. The number of alkyl halides is 2. The molecule has 158 valence electrons. The lowest BCUT2D eigenvalue weighted by atomic mass is 9.91. The summed E-state index contributed by atoms with van der Waals surface area (Å²) in [6, 6.07) is 12.9. The predicted molar refractivity (Wildman–Crippen MR) is 113 cm³/mol. The molecule has 0 bridgehead atoms. The Balaban J connectivity index is 1.50. The summed E-state index contributed by atoms with van der Waals surface area (Å²) < 4.78 is 37.0. The third kappa shape index (κ3) is 3.46. The van der Waals surface area contributed by atoms with Gasteiger partial charge >= 0.3 is 6.61 Å². The fourth-order valence-electron chi connectivity index (χ4n) is 4.55. The van der Waals surface area contributed by atoms with E-state index in [0.29, 0.717) is 0 Å². The summed E-state index contributed by atoms with van der Waals surface area (Å²) in [5, 5.41) is 7.15. The molecule has 3 heterocycles. The van der Waals surface area contributed by atoms with Gasteiger partial charge in [0.25, 0.3) is 0 Å². The second-order valence-corrected chi connectivity index (χ2v) is 8.96. The molecule has 3 aliphatic heterocycles. The fourth-order valence-corrected chi connectivity index (χ4v) is 4.93. The molecule has 30 heavy (non-hydrogen) atoms. The molecular weight excluding hydrogens is 456 g/mol. The summed E-state index contributed by atoms with van der Waals surface area (Å²) in [5.74, 6) is 1.07. The Morgan fingerprint density at radius 2 is 1.90 bits per heavy atom. The Morgan fingerprint density at radius 1 is 1.17 bits per heavy atom. The van der Waals surface area contributed by atoms with Gasteiger partial charge in [-0.1, -0.05) is 15.9 Å². The van der Waals surface area contributed by atoms with E-state index in [2.05, 4.69) is 43.7 Å². The Hall–Kier alpha value is -2.19. The fraction of sp³-hybridized carbons (Fsp3) is 0.409. The van der Waals surface area contributed by atoms with Gasteiger partial charge in [0.05, 0.1) is 11.8 Å². The van der Waals surface area contributed by atoms with Crippen LogP contribution in [0.5, 0.6) is 11.5 Å². The normalized spacial score (nSPS) is 22.5. The molecule has 0 unspecified atom stereocenters. The van der Waals surface area contributed by atoms with E-state index in [-0.39, 0.29) is 11.8 Å². The zero-order valence-corrected chi connectivity index (χ0v) is 18.1. The van der Waals surface area contributed by atoms with Crippen molar-refractivity contribution in [1.82, 2.24) is 9.91 Å². The summed E-state index contributed by atoms with van der Waals surface area (Å²) in [6.45, 7) is -0.941. The van der Waals surface area contributed by atoms with Crippen LogP contribution in [0.2, 0.25) is 0 Å². The molecule has 3 aliphatic rings. The first-order valence-electron chi connectivity index (χ1n) is 10.0. The van der Waals surface area contributed by atoms with Gasteiger partial charge in [-0.05, 0) is 55.1 Å². The molecule has 0 amide bonds. The summed E-state index contributed by atoms with van der Waals surface area (Å²) in [4.78, 5) is 2.31. The van der Waals surface area contributed by atoms with Crippen LogP contribution >= 0.6 is 15.9 Å². The highest BCUT2D eigenvalue weighted by Gasteiger charge is 2.51. The third-order valence-electron chi connectivity index (χ3n) is 6.14. The maximum Gasteiger partial charge on any atom is 0.387 e. The van der Waals surface area contributed by atoms with E-state index in [1.165, 1.54) is 0 Å². The molecule has 1 fully saturated rings. The molecule has 5 rings (SSSR count). The van der Waals surface area contributed by atoms with Crippen molar-refractivity contribution >= 4 is 21.6 Å². The number of likely N-dealkylation sites (tertiary alicyclic amines) is 1. The van der Waals surface area contributed by atoms with Crippen LogP contribution in [-0.4, -0.2) is 48.1 Å². The summed E-state index contributed by atoms with van der Waals surface area (Å²) >= 11 is 3.58. The second kappa shape index (κ2) is 7.50. The van der Waals surface area contributed by atoms with Crippen LogP contribution < -0.4 is 9.47 Å². The largest absolute Gasteiger partial charge is 0.466 e. The van der Waals surface area contributed by atoms with Gasteiger partial charge < -0.3 is 14.4 Å². The predicted octanol–water partition coefficient (Wildman–Crippen LogP) is 5.02. The van der Waals surface area contributed by atoms with Crippen molar-refractivity contribution in [3.8, 4) is 11.5 Å². The number of rotatable bonds is 3. The minimum atomic E-state index is -2.83. The van der Waals surface area contributed by atoms with Crippen LogP contribution in [0.1, 0.15) is 36.4 Å². The maximum atomic E-state index is 12.5. The van der Waals surface area contributed by atoms with Crippen LogP contribution in [-0.2, 0) is 0 Å². The Morgan fingerprint density at radius 3 is 2.60 bits per heavy atom. The van der Waals surface area contributed by atoms with E-state index in [1.807, 2.05) is 12.1 Å². The molecule has 2 aromatic rings. The van der Waals surface area contributed by atoms with Crippen molar-refractivity contribution in [2.45, 2.75) is 37.6 Å². The van der Waals surface area contributed by atoms with Crippen LogP contribution in [0.3, 0.4) is 0 Å². The van der Waals surface area contributed by atoms with Gasteiger partial charge in [-0.3, -0.25) is 0 Å². The van der Waals surface area contributed by atoms with Crippen molar-refractivity contribution in [3.05, 3.63) is 58.1 Å². The molecule has 0 radical (unpaired) electrons. The number of hydrogen-bond donors (Lipinski definition) is 0. The molecule has 1 saturated heterocycles. The monoisotopic (exact) mass is 477 g/mol. The molecule has 8 heteroatoms. The molecule has 0 N–H and O–H groups in total. The highest BCUT2D eigenvalue weighted by atomic mass is 79.9. The van der Waals surface area contributed by atoms with Gasteiger partial charge in [-0.15, -0.1) is 0 Å². The number of nitrogens with zero attached hydrogens (tertiary/aromatic N) is 3. The number of halogens is 3. The maximum absolute atomic E-state index is 12.5. The Labute approximate surface area is 182 Å². The highest BCUT2D eigenvalue weighted by Crippen LogP contribution is 2.50. The van der Waals surface area contributed by atoms with Gasteiger partial charge in [0.1, 0.15) is 11.5 Å².